The molecule has 29 heavy (non-hydrogen) atoms. The van der Waals surface area contributed by atoms with Crippen molar-refractivity contribution in [1.82, 2.24) is 15.0 Å². The molecule has 0 bridgehead atoms. The van der Waals surface area contributed by atoms with Crippen molar-refractivity contribution in [2.45, 2.75) is 33.1 Å². The molecule has 3 aromatic rings. The number of aryl methyl sites for hydroxylation is 2. The Balaban J connectivity index is 2.04. The molecule has 1 N–H and O–H groups in total. The topological polar surface area (TPSA) is 76.0 Å². The molecule has 0 fully saturated rings. The number of nitrogens with zero attached hydrogens (tertiary/aromatic N) is 3. The predicted molar refractivity (Wildman–Crippen MR) is 108 cm³/mol. The summed E-state index contributed by atoms with van der Waals surface area (Å²) in [6.45, 7) is 4.05. The van der Waals surface area contributed by atoms with Gasteiger partial charge in [0, 0.05) is 23.0 Å². The highest BCUT2D eigenvalue weighted by Crippen LogP contribution is 2.25. The number of carboxylic acids is 1. The summed E-state index contributed by atoms with van der Waals surface area (Å²) in [4.78, 5) is 24.0. The van der Waals surface area contributed by atoms with Gasteiger partial charge in [-0.2, -0.15) is 0 Å². The molecule has 1 aromatic carbocycles. The largest absolute Gasteiger partial charge is 0.478 e. The zero-order valence-corrected chi connectivity index (χ0v) is 16.2. The van der Waals surface area contributed by atoms with E-state index in [1.54, 1.807) is 6.20 Å². The van der Waals surface area contributed by atoms with Crippen molar-refractivity contribution in [3.8, 4) is 23.1 Å². The second-order valence-corrected chi connectivity index (χ2v) is 6.44. The number of carboxylic acid groups (broad SMARTS) is 1. The van der Waals surface area contributed by atoms with Gasteiger partial charge in [0.05, 0.1) is 22.5 Å². The minimum atomic E-state index is -1.31. The van der Waals surface area contributed by atoms with Crippen LogP contribution in [0.5, 0.6) is 0 Å². The van der Waals surface area contributed by atoms with Crippen LogP contribution in [0.25, 0.3) is 11.3 Å². The molecule has 146 valence electrons. The number of hydrogen-bond donors (Lipinski definition) is 1. The lowest BCUT2D eigenvalue weighted by molar-refractivity contribution is 0.0692. The molecule has 0 spiro atoms. The lowest BCUT2D eigenvalue weighted by Gasteiger charge is -2.08. The van der Waals surface area contributed by atoms with Gasteiger partial charge in [-0.25, -0.2) is 19.2 Å². The van der Waals surface area contributed by atoms with Gasteiger partial charge in [0.15, 0.2) is 0 Å². The zero-order chi connectivity index (χ0) is 20.8. The molecular formula is C23H20FN3O2. The number of benzene rings is 1. The Morgan fingerprint density at radius 1 is 1.10 bits per heavy atom. The van der Waals surface area contributed by atoms with Crippen LogP contribution in [0, 0.1) is 17.7 Å². The first kappa shape index (κ1) is 20.2. The van der Waals surface area contributed by atoms with Crippen LogP contribution in [-0.4, -0.2) is 26.0 Å². The Kier molecular flexibility index (Phi) is 6.30. The summed E-state index contributed by atoms with van der Waals surface area (Å²) < 4.78 is 14.2. The van der Waals surface area contributed by atoms with Crippen LogP contribution in [0.15, 0.2) is 42.9 Å². The Hall–Kier alpha value is -3.59. The minimum absolute atomic E-state index is 0.385. The molecule has 0 saturated heterocycles. The summed E-state index contributed by atoms with van der Waals surface area (Å²) >= 11 is 0. The number of aromatic nitrogens is 3. The molecule has 2 aromatic heterocycles. The maximum Gasteiger partial charge on any atom is 0.338 e. The van der Waals surface area contributed by atoms with E-state index in [0.29, 0.717) is 23.2 Å². The molecule has 0 atom stereocenters. The highest BCUT2D eigenvalue weighted by molar-refractivity contribution is 5.88. The van der Waals surface area contributed by atoms with Gasteiger partial charge in [-0.3, -0.25) is 4.98 Å². The van der Waals surface area contributed by atoms with Gasteiger partial charge in [-0.15, -0.1) is 0 Å². The van der Waals surface area contributed by atoms with Gasteiger partial charge in [0.2, 0.25) is 0 Å². The number of hydrogen-bond acceptors (Lipinski definition) is 4. The van der Waals surface area contributed by atoms with Crippen LogP contribution < -0.4 is 0 Å². The summed E-state index contributed by atoms with van der Waals surface area (Å²) in [6.07, 6.45) is 5.71. The molecule has 0 radical (unpaired) electrons. The fourth-order valence-electron chi connectivity index (χ4n) is 2.91. The molecule has 0 aliphatic rings. The average molecular weight is 389 g/mol. The van der Waals surface area contributed by atoms with Crippen molar-refractivity contribution in [1.29, 1.82) is 0 Å². The van der Waals surface area contributed by atoms with Gasteiger partial charge in [-0.05, 0) is 37.1 Å². The summed E-state index contributed by atoms with van der Waals surface area (Å²) in [5.41, 5.74) is 3.64. The Morgan fingerprint density at radius 2 is 1.93 bits per heavy atom. The van der Waals surface area contributed by atoms with Gasteiger partial charge in [0.25, 0.3) is 0 Å². The molecule has 0 aliphatic heterocycles. The molecule has 5 nitrogen and oxygen atoms in total. The Morgan fingerprint density at radius 3 is 2.55 bits per heavy atom. The monoisotopic (exact) mass is 389 g/mol. The van der Waals surface area contributed by atoms with Crippen molar-refractivity contribution in [3.05, 3.63) is 76.8 Å². The third-order valence-corrected chi connectivity index (χ3v) is 4.40. The predicted octanol–water partition coefficient (Wildman–Crippen LogP) is 4.29. The maximum atomic E-state index is 14.2. The van der Waals surface area contributed by atoms with E-state index in [1.165, 1.54) is 18.5 Å². The van der Waals surface area contributed by atoms with E-state index in [2.05, 4.69) is 33.7 Å². The van der Waals surface area contributed by atoms with E-state index in [0.717, 1.165) is 35.9 Å². The van der Waals surface area contributed by atoms with Crippen molar-refractivity contribution in [2.24, 2.45) is 0 Å². The fourth-order valence-corrected chi connectivity index (χ4v) is 2.91. The number of halogens is 1. The number of aromatic carboxylic acids is 1. The summed E-state index contributed by atoms with van der Waals surface area (Å²) in [6, 6.07) is 7.80. The van der Waals surface area contributed by atoms with Crippen molar-refractivity contribution in [2.75, 3.05) is 0 Å². The van der Waals surface area contributed by atoms with Crippen molar-refractivity contribution < 1.29 is 14.3 Å². The highest BCUT2D eigenvalue weighted by Gasteiger charge is 2.15. The van der Waals surface area contributed by atoms with Crippen LogP contribution in [0.1, 0.15) is 53.1 Å². The van der Waals surface area contributed by atoms with E-state index in [-0.39, 0.29) is 5.56 Å². The van der Waals surface area contributed by atoms with Crippen LogP contribution in [0.3, 0.4) is 0 Å². The van der Waals surface area contributed by atoms with Gasteiger partial charge in [0.1, 0.15) is 12.1 Å². The van der Waals surface area contributed by atoms with Crippen LogP contribution in [0.4, 0.5) is 4.39 Å². The first-order chi connectivity index (χ1) is 14.0. The second kappa shape index (κ2) is 9.07. The van der Waals surface area contributed by atoms with Gasteiger partial charge < -0.3 is 5.11 Å². The Bertz CT molecular complexity index is 1100. The van der Waals surface area contributed by atoms with E-state index < -0.39 is 11.8 Å². The highest BCUT2D eigenvalue weighted by atomic mass is 19.1. The minimum Gasteiger partial charge on any atom is -0.478 e. The lowest BCUT2D eigenvalue weighted by atomic mass is 10.0. The molecule has 2 heterocycles. The summed E-state index contributed by atoms with van der Waals surface area (Å²) in [7, 11) is 0. The molecule has 3 rings (SSSR count). The van der Waals surface area contributed by atoms with Crippen LogP contribution in [-0.2, 0) is 12.8 Å². The van der Waals surface area contributed by atoms with Crippen molar-refractivity contribution >= 4 is 5.97 Å². The zero-order valence-electron chi connectivity index (χ0n) is 16.2. The second-order valence-electron chi connectivity index (χ2n) is 6.44. The third-order valence-electron chi connectivity index (χ3n) is 4.40. The summed E-state index contributed by atoms with van der Waals surface area (Å²) in [5, 5.41) is 9.03. The number of carbonyl (C=O) groups is 1. The van der Waals surface area contributed by atoms with E-state index >= 15 is 0 Å². The van der Waals surface area contributed by atoms with Crippen LogP contribution in [0.2, 0.25) is 0 Å². The third kappa shape index (κ3) is 4.64. The van der Waals surface area contributed by atoms with Crippen LogP contribution >= 0.6 is 0 Å². The smallest absolute Gasteiger partial charge is 0.338 e. The van der Waals surface area contributed by atoms with E-state index in [4.69, 9.17) is 5.11 Å². The molecule has 0 amide bonds. The molecular weight excluding hydrogens is 369 g/mol. The molecule has 0 saturated carbocycles. The SMILES string of the molecule is CCCc1ccc(C#Cc2c(CC)ncnc2-c2ccc(C(=O)O)c(F)c2)cn1. The first-order valence-electron chi connectivity index (χ1n) is 9.37. The van der Waals surface area contributed by atoms with E-state index in [1.807, 2.05) is 19.1 Å². The van der Waals surface area contributed by atoms with E-state index in [9.17, 15) is 9.18 Å². The first-order valence-corrected chi connectivity index (χ1v) is 9.37. The maximum absolute atomic E-state index is 14.2. The molecule has 6 heteroatoms. The lowest BCUT2D eigenvalue weighted by Crippen LogP contribution is -2.02. The fraction of sp³-hybridized carbons (Fsp3) is 0.217. The normalized spacial score (nSPS) is 10.3. The van der Waals surface area contributed by atoms with Crippen molar-refractivity contribution in [3.63, 3.8) is 0 Å². The number of pyridine rings is 1. The Labute approximate surface area is 168 Å². The standard InChI is InChI=1S/C23H20FN3O2/c1-3-5-17-9-6-15(13-25-17)7-10-19-21(4-2)26-14-27-22(19)16-8-11-18(23(28)29)20(24)12-16/h6,8-9,11-14H,3-5H2,1-2H3,(H,28,29). The molecule has 0 unspecified atom stereocenters. The van der Waals surface area contributed by atoms with Gasteiger partial charge in [-0.1, -0.05) is 38.2 Å². The van der Waals surface area contributed by atoms with Gasteiger partial charge >= 0.3 is 5.97 Å². The summed E-state index contributed by atoms with van der Waals surface area (Å²) in [5.74, 6) is 4.05. The molecule has 0 aliphatic carbocycles. The number of rotatable bonds is 5. The average Bonchev–Trinajstić information content (AvgIpc) is 2.73. The quantitative estimate of drug-likeness (QED) is 0.659.